The second-order valence-electron chi connectivity index (χ2n) is 14.1. The van der Waals surface area contributed by atoms with Crippen molar-refractivity contribution in [2.24, 2.45) is 22.7 Å². The Morgan fingerprint density at radius 3 is 2.59 bits per heavy atom. The lowest BCUT2D eigenvalue weighted by Crippen LogP contribution is -2.83. The fraction of sp³-hybridized carbons (Fsp3) is 0.800. The van der Waals surface area contributed by atoms with Crippen molar-refractivity contribution < 1.29 is 14.6 Å². The first-order valence-electron chi connectivity index (χ1n) is 13.8. The minimum Gasteiger partial charge on any atom is -0.486 e. The lowest BCUT2D eigenvalue weighted by Gasteiger charge is -2.75. The van der Waals surface area contributed by atoms with E-state index in [1.807, 2.05) is 7.11 Å². The molecule has 0 unspecified atom stereocenters. The van der Waals surface area contributed by atoms with E-state index in [9.17, 15) is 5.11 Å². The van der Waals surface area contributed by atoms with Crippen molar-refractivity contribution in [3.05, 3.63) is 28.8 Å². The van der Waals surface area contributed by atoms with Gasteiger partial charge in [0, 0.05) is 42.0 Å². The first kappa shape index (κ1) is 22.1. The molecule has 5 fully saturated rings. The van der Waals surface area contributed by atoms with E-state index in [1.54, 1.807) is 0 Å². The van der Waals surface area contributed by atoms with E-state index in [0.29, 0.717) is 6.04 Å². The molecule has 186 valence electrons. The highest BCUT2D eigenvalue weighted by Crippen LogP contribution is 2.77. The van der Waals surface area contributed by atoms with E-state index in [4.69, 9.17) is 9.47 Å². The topological polar surface area (TPSA) is 41.9 Å². The number of likely N-dealkylation sites (tertiary alicyclic amines) is 1. The molecule has 34 heavy (non-hydrogen) atoms. The van der Waals surface area contributed by atoms with Gasteiger partial charge >= 0.3 is 0 Å². The van der Waals surface area contributed by atoms with Gasteiger partial charge in [-0.2, -0.15) is 0 Å². The van der Waals surface area contributed by atoms with Crippen LogP contribution in [0, 0.1) is 29.6 Å². The molecule has 5 aliphatic carbocycles. The maximum absolute atomic E-state index is 12.2. The Morgan fingerprint density at radius 1 is 1.15 bits per heavy atom. The third kappa shape index (κ3) is 2.29. The summed E-state index contributed by atoms with van der Waals surface area (Å²) in [5.41, 5.74) is 2.95. The second kappa shape index (κ2) is 6.42. The Kier molecular flexibility index (Phi) is 4.18. The number of fused-ring (bicyclic) bond motifs is 2. The number of nitrogens with zero attached hydrogens (tertiary/aromatic N) is 1. The summed E-state index contributed by atoms with van der Waals surface area (Å²) in [4.78, 5) is 2.88. The van der Waals surface area contributed by atoms with Crippen LogP contribution in [0.2, 0.25) is 0 Å². The van der Waals surface area contributed by atoms with Crippen LogP contribution in [0.5, 0.6) is 5.75 Å². The summed E-state index contributed by atoms with van der Waals surface area (Å²) in [6, 6.07) is 5.24. The highest BCUT2D eigenvalue weighted by molar-refractivity contribution is 5.61. The third-order valence-corrected chi connectivity index (χ3v) is 12.1. The summed E-state index contributed by atoms with van der Waals surface area (Å²) in [5, 5.41) is 12.2. The molecule has 0 amide bonds. The number of benzene rings is 1. The largest absolute Gasteiger partial charge is 0.486 e. The van der Waals surface area contributed by atoms with E-state index in [1.165, 1.54) is 55.5 Å². The van der Waals surface area contributed by atoms with Gasteiger partial charge in [0.25, 0.3) is 0 Å². The number of hydrogen-bond acceptors (Lipinski definition) is 4. The van der Waals surface area contributed by atoms with Crippen LogP contribution in [0.3, 0.4) is 0 Å². The number of ether oxygens (including phenoxy) is 2. The van der Waals surface area contributed by atoms with Gasteiger partial charge in [-0.3, -0.25) is 4.90 Å². The zero-order valence-electron chi connectivity index (χ0n) is 22.0. The standard InChI is InChI=1S/C30H43NO3/c1-18-7-10-20-15-22-28-11-12-30(33-6,21(16-28)27(5,32)26(2,3)4)25-29(28,23(20)24(18)34-25)13-14-31(22)17-19-8-9-19/h7,10,19,21-22,25,32H,8-9,11-17H2,1-6H3/t21-,22-,25-,27-,28-,29+,30-/m1/s1. The molecule has 7 atom stereocenters. The van der Waals surface area contributed by atoms with Gasteiger partial charge in [0.15, 0.2) is 0 Å². The van der Waals surface area contributed by atoms with Crippen LogP contribution in [0.1, 0.15) is 82.9 Å². The lowest BCUT2D eigenvalue weighted by atomic mass is 9.33. The molecule has 4 nitrogen and oxygen atoms in total. The molecule has 4 saturated carbocycles. The Balaban J connectivity index is 1.47. The fourth-order valence-corrected chi connectivity index (χ4v) is 9.73. The van der Waals surface area contributed by atoms with Crippen molar-refractivity contribution in [2.45, 2.75) is 108 Å². The van der Waals surface area contributed by atoms with Gasteiger partial charge in [-0.05, 0) is 87.8 Å². The Bertz CT molecular complexity index is 1050. The van der Waals surface area contributed by atoms with Gasteiger partial charge in [0.1, 0.15) is 17.5 Å². The Labute approximate surface area is 205 Å². The number of aliphatic hydroxyl groups is 1. The van der Waals surface area contributed by atoms with E-state index in [2.05, 4.69) is 51.7 Å². The van der Waals surface area contributed by atoms with Gasteiger partial charge in [-0.15, -0.1) is 0 Å². The minimum atomic E-state index is -0.846. The molecule has 1 saturated heterocycles. The molecule has 1 aromatic carbocycles. The van der Waals surface area contributed by atoms with E-state index < -0.39 is 11.2 Å². The zero-order valence-corrected chi connectivity index (χ0v) is 22.0. The monoisotopic (exact) mass is 465 g/mol. The number of methoxy groups -OCH3 is 1. The average Bonchev–Trinajstić information content (AvgIpc) is 3.53. The fourth-order valence-electron chi connectivity index (χ4n) is 9.73. The number of piperidine rings is 1. The zero-order chi connectivity index (χ0) is 23.9. The van der Waals surface area contributed by atoms with Crippen LogP contribution in [-0.2, 0) is 16.6 Å². The van der Waals surface area contributed by atoms with Crippen molar-refractivity contribution in [1.29, 1.82) is 0 Å². The smallest absolute Gasteiger partial charge is 0.138 e. The van der Waals surface area contributed by atoms with Gasteiger partial charge in [0.2, 0.25) is 0 Å². The van der Waals surface area contributed by atoms with Crippen LogP contribution < -0.4 is 4.74 Å². The van der Waals surface area contributed by atoms with Gasteiger partial charge < -0.3 is 14.6 Å². The van der Waals surface area contributed by atoms with Crippen molar-refractivity contribution in [3.8, 4) is 5.75 Å². The summed E-state index contributed by atoms with van der Waals surface area (Å²) in [5.74, 6) is 2.10. The quantitative estimate of drug-likeness (QED) is 0.678. The molecule has 2 spiro atoms. The number of aryl methyl sites for hydroxylation is 1. The maximum Gasteiger partial charge on any atom is 0.138 e. The normalized spacial score (nSPS) is 43.9. The van der Waals surface area contributed by atoms with Crippen molar-refractivity contribution in [2.75, 3.05) is 20.2 Å². The SMILES string of the molecule is CO[C@]12CC[C@@]3(C[C@@H]1[C@@](C)(O)C(C)(C)C)[C@H]1Cc4ccc(C)c5c4[C@@]3(CCN1CC1CC1)[C@H]2O5. The Morgan fingerprint density at radius 2 is 1.91 bits per heavy atom. The van der Waals surface area contributed by atoms with Crippen molar-refractivity contribution in [3.63, 3.8) is 0 Å². The predicted octanol–water partition coefficient (Wildman–Crippen LogP) is 5.02. The predicted molar refractivity (Wildman–Crippen MR) is 133 cm³/mol. The minimum absolute atomic E-state index is 0.00736. The van der Waals surface area contributed by atoms with Gasteiger partial charge in [0.05, 0.1) is 5.60 Å². The Hall–Kier alpha value is -1.10. The molecule has 7 aliphatic rings. The summed E-state index contributed by atoms with van der Waals surface area (Å²) in [6.07, 6.45) is 8.33. The molecular weight excluding hydrogens is 422 g/mol. The van der Waals surface area contributed by atoms with Crippen molar-refractivity contribution in [1.82, 2.24) is 4.90 Å². The van der Waals surface area contributed by atoms with Crippen LogP contribution in [-0.4, -0.2) is 53.6 Å². The van der Waals surface area contributed by atoms with E-state index in [-0.39, 0.29) is 28.3 Å². The van der Waals surface area contributed by atoms with Gasteiger partial charge in [-0.1, -0.05) is 32.9 Å². The molecular formula is C30H43NO3. The molecule has 1 aromatic rings. The second-order valence-corrected chi connectivity index (χ2v) is 14.1. The lowest BCUT2D eigenvalue weighted by molar-refractivity contribution is -0.312. The molecule has 0 aromatic heterocycles. The van der Waals surface area contributed by atoms with Crippen molar-refractivity contribution >= 4 is 0 Å². The van der Waals surface area contributed by atoms with Gasteiger partial charge in [-0.25, -0.2) is 0 Å². The first-order chi connectivity index (χ1) is 16.0. The summed E-state index contributed by atoms with van der Waals surface area (Å²) >= 11 is 0. The average molecular weight is 466 g/mol. The summed E-state index contributed by atoms with van der Waals surface area (Å²) < 4.78 is 13.8. The molecule has 4 heteroatoms. The number of hydrogen-bond donors (Lipinski definition) is 1. The van der Waals surface area contributed by atoms with E-state index >= 15 is 0 Å². The summed E-state index contributed by atoms with van der Waals surface area (Å²) in [7, 11) is 1.89. The molecule has 2 aliphatic heterocycles. The maximum atomic E-state index is 12.2. The molecule has 1 N–H and O–H groups in total. The molecule has 4 bridgehead atoms. The van der Waals surface area contributed by atoms with Crippen LogP contribution in [0.15, 0.2) is 12.1 Å². The first-order valence-corrected chi connectivity index (χ1v) is 13.8. The van der Waals surface area contributed by atoms with E-state index in [0.717, 1.165) is 30.9 Å². The molecule has 2 heterocycles. The number of rotatable bonds is 4. The molecule has 0 radical (unpaired) electrons. The van der Waals surface area contributed by atoms with Crippen LogP contribution in [0.25, 0.3) is 0 Å². The van der Waals surface area contributed by atoms with Crippen LogP contribution >= 0.6 is 0 Å². The summed E-state index contributed by atoms with van der Waals surface area (Å²) in [6.45, 7) is 13.3. The highest BCUT2D eigenvalue weighted by atomic mass is 16.6. The third-order valence-electron chi connectivity index (χ3n) is 12.1. The van der Waals surface area contributed by atoms with Crippen LogP contribution in [0.4, 0.5) is 0 Å². The molecule has 8 rings (SSSR count). The highest BCUT2D eigenvalue weighted by Gasteiger charge is 2.82.